The first-order valence-electron chi connectivity index (χ1n) is 3.11. The van der Waals surface area contributed by atoms with Crippen molar-refractivity contribution in [1.82, 2.24) is 9.97 Å². The maximum atomic E-state index is 8.73. The van der Waals surface area contributed by atoms with Gasteiger partial charge in [0.1, 0.15) is 6.07 Å². The lowest BCUT2D eigenvalue weighted by atomic mass is 10.3. The molecule has 56 valence electrons. The summed E-state index contributed by atoms with van der Waals surface area (Å²) < 4.78 is 0. The largest absolute Gasteiger partial charge is 0.390 e. The fourth-order valence-electron chi connectivity index (χ4n) is 0.691. The number of aryl methyl sites for hydroxylation is 1. The third-order valence-electron chi connectivity index (χ3n) is 1.32. The van der Waals surface area contributed by atoms with Crippen LogP contribution in [0.3, 0.4) is 0 Å². The van der Waals surface area contributed by atoms with Gasteiger partial charge in [-0.25, -0.2) is 4.98 Å². The van der Waals surface area contributed by atoms with Gasteiger partial charge in [0.25, 0.3) is 0 Å². The van der Waals surface area contributed by atoms with E-state index in [0.717, 1.165) is 0 Å². The third kappa shape index (κ3) is 1.51. The van der Waals surface area contributed by atoms with Crippen molar-refractivity contribution in [3.05, 3.63) is 23.3 Å². The Bertz CT molecular complexity index is 303. The molecule has 0 aromatic carbocycles. The van der Waals surface area contributed by atoms with E-state index < -0.39 is 0 Å². The molecule has 0 aliphatic heterocycles. The average molecular weight is 149 g/mol. The first kappa shape index (κ1) is 7.63. The Hall–Kier alpha value is -1.47. The Labute approximate surface area is 64.2 Å². The molecule has 0 radical (unpaired) electrons. The summed E-state index contributed by atoms with van der Waals surface area (Å²) in [5, 5.41) is 17.1. The normalized spacial score (nSPS) is 9.18. The van der Waals surface area contributed by atoms with E-state index in [4.69, 9.17) is 10.4 Å². The predicted octanol–water partition coefficient (Wildman–Crippen LogP) is 0.149. The number of nitriles is 1. The van der Waals surface area contributed by atoms with E-state index in [-0.39, 0.29) is 12.3 Å². The first-order chi connectivity index (χ1) is 5.27. The summed E-state index contributed by atoms with van der Waals surface area (Å²) in [6.07, 6.45) is 1.38. The number of aromatic nitrogens is 2. The monoisotopic (exact) mass is 149 g/mol. The van der Waals surface area contributed by atoms with E-state index >= 15 is 0 Å². The lowest BCUT2D eigenvalue weighted by Gasteiger charge is -1.98. The molecular formula is C7H7N3O. The highest BCUT2D eigenvalue weighted by atomic mass is 16.3. The van der Waals surface area contributed by atoms with Gasteiger partial charge in [0.05, 0.1) is 24.2 Å². The Morgan fingerprint density at radius 3 is 3.00 bits per heavy atom. The molecular weight excluding hydrogens is 142 g/mol. The lowest BCUT2D eigenvalue weighted by Crippen LogP contribution is -1.98. The molecule has 0 bridgehead atoms. The van der Waals surface area contributed by atoms with E-state index in [2.05, 4.69) is 9.97 Å². The molecule has 1 aromatic heterocycles. The van der Waals surface area contributed by atoms with Crippen LogP contribution in [0.25, 0.3) is 0 Å². The van der Waals surface area contributed by atoms with Crippen molar-refractivity contribution >= 4 is 0 Å². The zero-order valence-corrected chi connectivity index (χ0v) is 6.07. The van der Waals surface area contributed by atoms with Crippen LogP contribution in [0.5, 0.6) is 0 Å². The van der Waals surface area contributed by atoms with E-state index in [1.165, 1.54) is 6.20 Å². The third-order valence-corrected chi connectivity index (χ3v) is 1.32. The highest BCUT2D eigenvalue weighted by molar-refractivity contribution is 5.20. The van der Waals surface area contributed by atoms with E-state index in [9.17, 15) is 0 Å². The fraction of sp³-hybridized carbons (Fsp3) is 0.286. The number of rotatable bonds is 1. The topological polar surface area (TPSA) is 69.8 Å². The van der Waals surface area contributed by atoms with Gasteiger partial charge in [-0.2, -0.15) is 5.26 Å². The summed E-state index contributed by atoms with van der Waals surface area (Å²) in [6.45, 7) is 1.56. The van der Waals surface area contributed by atoms with Crippen LogP contribution in [0.15, 0.2) is 6.20 Å². The first-order valence-corrected chi connectivity index (χ1v) is 3.11. The Balaban J connectivity index is 3.15. The number of hydrogen-bond acceptors (Lipinski definition) is 4. The molecule has 4 nitrogen and oxygen atoms in total. The highest BCUT2D eigenvalue weighted by Crippen LogP contribution is 2.01. The zero-order chi connectivity index (χ0) is 8.27. The molecule has 0 saturated carbocycles. The maximum Gasteiger partial charge on any atom is 0.159 e. The summed E-state index contributed by atoms with van der Waals surface area (Å²) in [7, 11) is 0. The van der Waals surface area contributed by atoms with Gasteiger partial charge in [0, 0.05) is 0 Å². The molecule has 1 N–H and O–H groups in total. The van der Waals surface area contributed by atoms with Crippen LogP contribution in [-0.4, -0.2) is 15.1 Å². The van der Waals surface area contributed by atoms with Gasteiger partial charge in [-0.15, -0.1) is 0 Å². The zero-order valence-electron chi connectivity index (χ0n) is 6.07. The highest BCUT2D eigenvalue weighted by Gasteiger charge is 2.00. The minimum absolute atomic E-state index is 0.172. The molecule has 0 aliphatic carbocycles. The summed E-state index contributed by atoms with van der Waals surface area (Å²) >= 11 is 0. The molecule has 4 heteroatoms. The van der Waals surface area contributed by atoms with Crippen LogP contribution in [0.1, 0.15) is 17.1 Å². The fourth-order valence-corrected chi connectivity index (χ4v) is 0.691. The second kappa shape index (κ2) is 3.08. The summed E-state index contributed by atoms with van der Waals surface area (Å²) in [4.78, 5) is 7.71. The van der Waals surface area contributed by atoms with E-state index in [0.29, 0.717) is 11.4 Å². The molecule has 1 aromatic rings. The molecule has 0 fully saturated rings. The smallest absolute Gasteiger partial charge is 0.159 e. The summed E-state index contributed by atoms with van der Waals surface area (Å²) in [6, 6.07) is 1.84. The molecule has 0 saturated heterocycles. The van der Waals surface area contributed by atoms with E-state index in [1.807, 2.05) is 6.07 Å². The Kier molecular flexibility index (Phi) is 2.14. The van der Waals surface area contributed by atoms with Crippen LogP contribution < -0.4 is 0 Å². The van der Waals surface area contributed by atoms with Crippen LogP contribution in [0.2, 0.25) is 0 Å². The van der Waals surface area contributed by atoms with E-state index in [1.54, 1.807) is 6.92 Å². The number of nitrogens with zero attached hydrogens (tertiary/aromatic N) is 3. The van der Waals surface area contributed by atoms with Gasteiger partial charge < -0.3 is 5.11 Å². The molecule has 0 spiro atoms. The molecule has 0 aliphatic rings. The summed E-state index contributed by atoms with van der Waals surface area (Å²) in [5.74, 6) is 0. The van der Waals surface area contributed by atoms with Crippen LogP contribution >= 0.6 is 0 Å². The second-order valence-corrected chi connectivity index (χ2v) is 2.06. The van der Waals surface area contributed by atoms with Crippen molar-refractivity contribution in [1.29, 1.82) is 5.26 Å². The quantitative estimate of drug-likeness (QED) is 0.617. The van der Waals surface area contributed by atoms with Gasteiger partial charge >= 0.3 is 0 Å². The lowest BCUT2D eigenvalue weighted by molar-refractivity contribution is 0.275. The van der Waals surface area contributed by atoms with Crippen LogP contribution in [-0.2, 0) is 6.61 Å². The Morgan fingerprint density at radius 2 is 2.45 bits per heavy atom. The van der Waals surface area contributed by atoms with Gasteiger partial charge in [0.2, 0.25) is 0 Å². The van der Waals surface area contributed by atoms with Gasteiger partial charge in [-0.05, 0) is 6.92 Å². The number of hydrogen-bond donors (Lipinski definition) is 1. The Morgan fingerprint density at radius 1 is 1.73 bits per heavy atom. The van der Waals surface area contributed by atoms with Crippen molar-refractivity contribution in [3.8, 4) is 6.07 Å². The van der Waals surface area contributed by atoms with Crippen molar-refractivity contribution in [3.63, 3.8) is 0 Å². The molecule has 1 heterocycles. The number of aliphatic hydroxyl groups is 1. The standard InChI is InChI=1S/C7H7N3O/c1-5-7(4-11)10-6(2-8)3-9-5/h3,11H,4H2,1H3. The summed E-state index contributed by atoms with van der Waals surface area (Å²) in [5.41, 5.74) is 1.36. The molecule has 0 atom stereocenters. The van der Waals surface area contributed by atoms with Crippen molar-refractivity contribution in [2.24, 2.45) is 0 Å². The second-order valence-electron chi connectivity index (χ2n) is 2.06. The van der Waals surface area contributed by atoms with Crippen molar-refractivity contribution < 1.29 is 5.11 Å². The molecule has 0 unspecified atom stereocenters. The van der Waals surface area contributed by atoms with Crippen LogP contribution in [0.4, 0.5) is 0 Å². The van der Waals surface area contributed by atoms with Crippen LogP contribution in [0, 0.1) is 18.3 Å². The van der Waals surface area contributed by atoms with Crippen molar-refractivity contribution in [2.45, 2.75) is 13.5 Å². The molecule has 0 amide bonds. The predicted molar refractivity (Wildman–Crippen MR) is 37.4 cm³/mol. The molecule has 1 rings (SSSR count). The van der Waals surface area contributed by atoms with Gasteiger partial charge in [0.15, 0.2) is 5.69 Å². The minimum Gasteiger partial charge on any atom is -0.390 e. The van der Waals surface area contributed by atoms with Gasteiger partial charge in [-0.3, -0.25) is 4.98 Å². The SMILES string of the molecule is Cc1ncc(C#N)nc1CO. The maximum absolute atomic E-state index is 8.73. The number of aliphatic hydroxyl groups excluding tert-OH is 1. The van der Waals surface area contributed by atoms with Crippen molar-refractivity contribution in [2.75, 3.05) is 0 Å². The average Bonchev–Trinajstić information content (AvgIpc) is 2.05. The molecule has 11 heavy (non-hydrogen) atoms. The van der Waals surface area contributed by atoms with Gasteiger partial charge in [-0.1, -0.05) is 0 Å². The minimum atomic E-state index is -0.172.